The number of nitrogens with two attached hydrogens (primary N) is 1. The van der Waals surface area contributed by atoms with Gasteiger partial charge in [-0.15, -0.1) is 11.3 Å². The Balaban J connectivity index is 2.43. The second-order valence-electron chi connectivity index (χ2n) is 3.94. The van der Waals surface area contributed by atoms with Gasteiger partial charge < -0.3 is 5.73 Å². The minimum atomic E-state index is -0.685. The van der Waals surface area contributed by atoms with Crippen LogP contribution >= 0.6 is 11.3 Å². The maximum atomic E-state index is 11.7. The normalized spacial score (nSPS) is 25.8. The summed E-state index contributed by atoms with van der Waals surface area (Å²) in [4.78, 5) is 21.5. The topological polar surface area (TPSA) is 71.6 Å². The fourth-order valence-electron chi connectivity index (χ4n) is 1.57. The van der Waals surface area contributed by atoms with Crippen molar-refractivity contribution in [1.82, 2.24) is 9.88 Å². The second kappa shape index (κ2) is 3.59. The molecule has 1 aromatic heterocycles. The van der Waals surface area contributed by atoms with Gasteiger partial charge in [-0.1, -0.05) is 0 Å². The van der Waals surface area contributed by atoms with E-state index in [0.29, 0.717) is 4.78 Å². The summed E-state index contributed by atoms with van der Waals surface area (Å²) in [6.07, 6.45) is 1.83. The number of guanidine groups is 1. The van der Waals surface area contributed by atoms with E-state index in [9.17, 15) is 4.79 Å². The third kappa shape index (κ3) is 1.71. The molecule has 1 aliphatic heterocycles. The molecule has 0 aromatic carbocycles. The molecule has 1 amide bonds. The lowest BCUT2D eigenvalue weighted by atomic mass is 9.97. The predicted octanol–water partition coefficient (Wildman–Crippen LogP) is -0.671. The molecule has 2 heterocycles. The Morgan fingerprint density at radius 2 is 2.38 bits per heavy atom. The van der Waals surface area contributed by atoms with Gasteiger partial charge in [-0.25, -0.2) is 9.98 Å². The number of rotatable bonds is 1. The summed E-state index contributed by atoms with van der Waals surface area (Å²) in [5.74, 6) is 0.149. The van der Waals surface area contributed by atoms with Crippen LogP contribution in [0, 0.1) is 0 Å². The summed E-state index contributed by atoms with van der Waals surface area (Å²) in [6, 6.07) is 0. The zero-order valence-electron chi connectivity index (χ0n) is 9.10. The quantitative estimate of drug-likeness (QED) is 0.655. The van der Waals surface area contributed by atoms with E-state index < -0.39 is 5.54 Å². The highest BCUT2D eigenvalue weighted by Crippen LogP contribution is 2.33. The van der Waals surface area contributed by atoms with E-state index in [1.165, 1.54) is 16.2 Å². The van der Waals surface area contributed by atoms with Crippen molar-refractivity contribution in [2.75, 3.05) is 7.05 Å². The molecule has 0 aliphatic carbocycles. The molecular formula is C9H11BN4OS. The fraction of sp³-hybridized carbons (Fsp3) is 0.444. The van der Waals surface area contributed by atoms with Gasteiger partial charge in [0.05, 0.1) is 6.42 Å². The van der Waals surface area contributed by atoms with Crippen LogP contribution in [0.4, 0.5) is 0 Å². The lowest BCUT2D eigenvalue weighted by molar-refractivity contribution is -0.128. The predicted molar refractivity (Wildman–Crippen MR) is 63.9 cm³/mol. The van der Waals surface area contributed by atoms with Crippen molar-refractivity contribution in [2.45, 2.75) is 18.9 Å². The molecule has 2 rings (SSSR count). The van der Waals surface area contributed by atoms with Crippen molar-refractivity contribution in [3.63, 3.8) is 0 Å². The first-order chi connectivity index (χ1) is 7.42. The molecule has 5 nitrogen and oxygen atoms in total. The number of carbonyl (C=O) groups excluding carboxylic acids is 1. The smallest absolute Gasteiger partial charge is 0.231 e. The highest BCUT2D eigenvalue weighted by Gasteiger charge is 2.38. The van der Waals surface area contributed by atoms with Gasteiger partial charge in [0.15, 0.2) is 5.96 Å². The second-order valence-corrected chi connectivity index (χ2v) is 5.00. The van der Waals surface area contributed by atoms with Crippen LogP contribution in [-0.4, -0.2) is 36.6 Å². The SMILES string of the molecule is [B]c1cnc([C@]2(C)CC(=O)N(C)C(N)=N2)s1. The first kappa shape index (κ1) is 11.1. The maximum Gasteiger partial charge on any atom is 0.231 e. The number of aromatic nitrogens is 1. The van der Waals surface area contributed by atoms with E-state index in [4.69, 9.17) is 13.6 Å². The summed E-state index contributed by atoms with van der Waals surface area (Å²) in [5.41, 5.74) is 5.00. The zero-order valence-corrected chi connectivity index (χ0v) is 9.91. The van der Waals surface area contributed by atoms with Crippen molar-refractivity contribution in [1.29, 1.82) is 0 Å². The number of thiazole rings is 1. The van der Waals surface area contributed by atoms with Gasteiger partial charge in [-0.2, -0.15) is 0 Å². The van der Waals surface area contributed by atoms with Crippen LogP contribution in [0.2, 0.25) is 0 Å². The van der Waals surface area contributed by atoms with E-state index >= 15 is 0 Å². The van der Waals surface area contributed by atoms with Crippen LogP contribution in [-0.2, 0) is 10.3 Å². The first-order valence-electron chi connectivity index (χ1n) is 4.76. The summed E-state index contributed by atoms with van der Waals surface area (Å²) in [7, 11) is 7.23. The van der Waals surface area contributed by atoms with Crippen molar-refractivity contribution in [3.05, 3.63) is 11.2 Å². The molecule has 82 valence electrons. The summed E-state index contributed by atoms with van der Waals surface area (Å²) >= 11 is 1.33. The average molecular weight is 234 g/mol. The van der Waals surface area contributed by atoms with Crippen LogP contribution < -0.4 is 10.5 Å². The highest BCUT2D eigenvalue weighted by atomic mass is 32.1. The van der Waals surface area contributed by atoms with Crippen molar-refractivity contribution in [3.8, 4) is 0 Å². The summed E-state index contributed by atoms with van der Waals surface area (Å²) < 4.78 is 0.608. The monoisotopic (exact) mass is 234 g/mol. The molecule has 1 aromatic rings. The van der Waals surface area contributed by atoms with E-state index in [0.717, 1.165) is 5.01 Å². The van der Waals surface area contributed by atoms with Crippen molar-refractivity contribution < 1.29 is 4.79 Å². The zero-order chi connectivity index (χ0) is 11.9. The third-order valence-corrected chi connectivity index (χ3v) is 3.64. The molecule has 0 saturated heterocycles. The Hall–Kier alpha value is -1.37. The highest BCUT2D eigenvalue weighted by molar-refractivity contribution is 7.19. The Morgan fingerprint density at radius 3 is 2.88 bits per heavy atom. The minimum Gasteiger partial charge on any atom is -0.369 e. The molecule has 1 atom stereocenters. The van der Waals surface area contributed by atoms with Crippen LogP contribution in [0.15, 0.2) is 11.2 Å². The van der Waals surface area contributed by atoms with E-state index in [1.807, 2.05) is 6.92 Å². The number of amides is 1. The van der Waals surface area contributed by atoms with Crippen molar-refractivity contribution in [2.24, 2.45) is 10.7 Å². The van der Waals surface area contributed by atoms with Gasteiger partial charge in [0, 0.05) is 13.2 Å². The lowest BCUT2D eigenvalue weighted by Gasteiger charge is -2.31. The Morgan fingerprint density at radius 1 is 1.69 bits per heavy atom. The van der Waals surface area contributed by atoms with E-state index in [2.05, 4.69) is 9.98 Å². The van der Waals surface area contributed by atoms with Gasteiger partial charge in [0.2, 0.25) is 5.91 Å². The standard InChI is InChI=1S/C9H11BN4OS/c1-9(7-12-4-5(10)16-7)3-6(15)14(2)8(11)13-9/h4H,3H2,1-2H3,(H2,11,13)/t9-/m0/s1. The van der Waals surface area contributed by atoms with Crippen LogP contribution in [0.1, 0.15) is 18.4 Å². The Labute approximate surface area is 98.8 Å². The van der Waals surface area contributed by atoms with Gasteiger partial charge in [-0.3, -0.25) is 9.69 Å². The average Bonchev–Trinajstić information content (AvgIpc) is 2.62. The largest absolute Gasteiger partial charge is 0.369 e. The lowest BCUT2D eigenvalue weighted by Crippen LogP contribution is -2.47. The molecule has 0 saturated carbocycles. The number of aliphatic imine (C=N–C) groups is 1. The molecule has 7 heteroatoms. The molecule has 0 bridgehead atoms. The Kier molecular flexibility index (Phi) is 2.50. The number of hydrogen-bond acceptors (Lipinski definition) is 5. The molecule has 0 fully saturated rings. The van der Waals surface area contributed by atoms with Gasteiger partial charge in [-0.05, 0) is 11.7 Å². The van der Waals surface area contributed by atoms with Gasteiger partial charge in [0.25, 0.3) is 0 Å². The molecule has 1 aliphatic rings. The summed E-state index contributed by atoms with van der Waals surface area (Å²) in [6.45, 7) is 1.84. The Bertz CT molecular complexity index is 472. The fourth-order valence-corrected chi connectivity index (χ4v) is 2.34. The molecule has 0 spiro atoms. The van der Waals surface area contributed by atoms with Crippen LogP contribution in [0.3, 0.4) is 0 Å². The minimum absolute atomic E-state index is 0.0660. The summed E-state index contributed by atoms with van der Waals surface area (Å²) in [5, 5.41) is 0.717. The van der Waals surface area contributed by atoms with Crippen LogP contribution in [0.25, 0.3) is 0 Å². The first-order valence-corrected chi connectivity index (χ1v) is 5.58. The molecule has 2 N–H and O–H groups in total. The maximum absolute atomic E-state index is 11.7. The molecule has 16 heavy (non-hydrogen) atoms. The van der Waals surface area contributed by atoms with Gasteiger partial charge >= 0.3 is 0 Å². The number of hydrogen-bond donors (Lipinski definition) is 1. The molecular weight excluding hydrogens is 223 g/mol. The van der Waals surface area contributed by atoms with Crippen LogP contribution in [0.5, 0.6) is 0 Å². The van der Waals surface area contributed by atoms with E-state index in [-0.39, 0.29) is 18.3 Å². The molecule has 0 unspecified atom stereocenters. The number of nitrogens with zero attached hydrogens (tertiary/aromatic N) is 3. The number of carbonyl (C=O) groups is 1. The van der Waals surface area contributed by atoms with Crippen molar-refractivity contribution >= 4 is 35.8 Å². The third-order valence-electron chi connectivity index (χ3n) is 2.56. The van der Waals surface area contributed by atoms with Gasteiger partial charge in [0.1, 0.15) is 18.4 Å². The molecule has 2 radical (unpaired) electrons. The van der Waals surface area contributed by atoms with E-state index in [1.54, 1.807) is 13.2 Å².